The fraction of sp³-hybridized carbons (Fsp3) is 0.350. The minimum atomic E-state index is -3.69. The first kappa shape index (κ1) is 22.0. The van der Waals surface area contributed by atoms with E-state index in [0.717, 1.165) is 16.1 Å². The Balaban J connectivity index is 2.16. The van der Waals surface area contributed by atoms with Crippen LogP contribution in [0.15, 0.2) is 48.5 Å². The van der Waals surface area contributed by atoms with Gasteiger partial charge in [-0.3, -0.25) is 9.10 Å². The molecule has 0 unspecified atom stereocenters. The summed E-state index contributed by atoms with van der Waals surface area (Å²) in [6, 6.07) is 14.3. The van der Waals surface area contributed by atoms with E-state index in [0.29, 0.717) is 17.9 Å². The molecule has 0 heterocycles. The summed E-state index contributed by atoms with van der Waals surface area (Å²) in [4.78, 5) is 12.6. The second-order valence-electron chi connectivity index (χ2n) is 7.18. The molecule has 0 fully saturated rings. The van der Waals surface area contributed by atoms with Gasteiger partial charge in [-0.2, -0.15) is 0 Å². The van der Waals surface area contributed by atoms with Crippen molar-refractivity contribution in [3.05, 3.63) is 59.1 Å². The van der Waals surface area contributed by atoms with Crippen LogP contribution in [0.4, 0.5) is 5.69 Å². The molecular formula is C20H25ClN2O4S. The number of ether oxygens (including phenoxy) is 1. The molecule has 8 heteroatoms. The number of nitrogens with one attached hydrogen (secondary N) is 1. The number of carbonyl (C=O) groups is 1. The van der Waals surface area contributed by atoms with Crippen molar-refractivity contribution in [3.63, 3.8) is 0 Å². The topological polar surface area (TPSA) is 75.7 Å². The smallest absolute Gasteiger partial charge is 0.241 e. The van der Waals surface area contributed by atoms with Gasteiger partial charge in [0.15, 0.2) is 0 Å². The van der Waals surface area contributed by atoms with Crippen LogP contribution in [-0.4, -0.2) is 39.8 Å². The molecule has 0 saturated heterocycles. The number of hydrogen-bond acceptors (Lipinski definition) is 4. The predicted octanol–water partition coefficient (Wildman–Crippen LogP) is 3.25. The Bertz CT molecular complexity index is 930. The van der Waals surface area contributed by atoms with Crippen LogP contribution in [0.3, 0.4) is 0 Å². The molecule has 6 nitrogen and oxygen atoms in total. The van der Waals surface area contributed by atoms with Crippen molar-refractivity contribution in [2.24, 2.45) is 0 Å². The summed E-state index contributed by atoms with van der Waals surface area (Å²) in [6.07, 6.45) is 1.67. The first-order chi connectivity index (χ1) is 13.0. The molecule has 1 amide bonds. The highest BCUT2D eigenvalue weighted by Crippen LogP contribution is 2.30. The van der Waals surface area contributed by atoms with Crippen LogP contribution in [0.1, 0.15) is 19.4 Å². The molecule has 0 aliphatic rings. The van der Waals surface area contributed by atoms with E-state index in [1.54, 1.807) is 12.1 Å². The van der Waals surface area contributed by atoms with Crippen molar-refractivity contribution in [2.75, 3.05) is 24.2 Å². The molecule has 0 aromatic heterocycles. The number of benzene rings is 2. The third kappa shape index (κ3) is 6.14. The van der Waals surface area contributed by atoms with Gasteiger partial charge in [-0.15, -0.1) is 0 Å². The number of carbonyl (C=O) groups excluding carboxylic acids is 1. The maximum Gasteiger partial charge on any atom is 0.241 e. The fourth-order valence-corrected chi connectivity index (χ4v) is 4.01. The lowest BCUT2D eigenvalue weighted by Crippen LogP contribution is -2.50. The number of sulfonamides is 1. The summed E-state index contributed by atoms with van der Waals surface area (Å²) in [7, 11) is -2.22. The van der Waals surface area contributed by atoms with Crippen LogP contribution in [0.5, 0.6) is 5.75 Å². The Morgan fingerprint density at radius 1 is 1.18 bits per heavy atom. The summed E-state index contributed by atoms with van der Waals surface area (Å²) in [5, 5.41) is 3.17. The van der Waals surface area contributed by atoms with Crippen LogP contribution >= 0.6 is 11.6 Å². The molecule has 152 valence electrons. The van der Waals surface area contributed by atoms with Gasteiger partial charge >= 0.3 is 0 Å². The monoisotopic (exact) mass is 424 g/mol. The molecule has 0 atom stereocenters. The first-order valence-electron chi connectivity index (χ1n) is 8.68. The fourth-order valence-electron chi connectivity index (χ4n) is 2.91. The third-order valence-corrected chi connectivity index (χ3v) is 5.51. The van der Waals surface area contributed by atoms with E-state index in [2.05, 4.69) is 5.32 Å². The highest BCUT2D eigenvalue weighted by molar-refractivity contribution is 7.92. The molecular weight excluding hydrogens is 400 g/mol. The van der Waals surface area contributed by atoms with Crippen LogP contribution in [-0.2, 0) is 21.2 Å². The van der Waals surface area contributed by atoms with Gasteiger partial charge in [0.25, 0.3) is 0 Å². The SMILES string of the molecule is COc1ccc(N(CC(=O)NC(C)(C)Cc2ccccc2)S(C)(=O)=O)cc1Cl. The number of rotatable bonds is 8. The van der Waals surface area contributed by atoms with Crippen LogP contribution in [0.25, 0.3) is 0 Å². The maximum atomic E-state index is 12.6. The molecule has 0 spiro atoms. The van der Waals surface area contributed by atoms with E-state index in [4.69, 9.17) is 16.3 Å². The van der Waals surface area contributed by atoms with E-state index in [-0.39, 0.29) is 11.6 Å². The van der Waals surface area contributed by atoms with Gasteiger partial charge in [-0.1, -0.05) is 41.9 Å². The van der Waals surface area contributed by atoms with E-state index < -0.39 is 21.5 Å². The molecule has 0 aliphatic heterocycles. The molecule has 0 aliphatic carbocycles. The minimum Gasteiger partial charge on any atom is -0.495 e. The number of nitrogens with zero attached hydrogens (tertiary/aromatic N) is 1. The van der Waals surface area contributed by atoms with E-state index in [9.17, 15) is 13.2 Å². The summed E-state index contributed by atoms with van der Waals surface area (Å²) in [5.74, 6) is 0.0191. The lowest BCUT2D eigenvalue weighted by molar-refractivity contribution is -0.121. The number of halogens is 1. The largest absolute Gasteiger partial charge is 0.495 e. The van der Waals surface area contributed by atoms with Gasteiger partial charge in [0.2, 0.25) is 15.9 Å². The minimum absolute atomic E-state index is 0.262. The van der Waals surface area contributed by atoms with Crippen molar-refractivity contribution < 1.29 is 17.9 Å². The molecule has 28 heavy (non-hydrogen) atoms. The molecule has 1 N–H and O–H groups in total. The molecule has 0 radical (unpaired) electrons. The lowest BCUT2D eigenvalue weighted by atomic mass is 9.95. The quantitative estimate of drug-likeness (QED) is 0.705. The van der Waals surface area contributed by atoms with Gasteiger partial charge in [0.1, 0.15) is 12.3 Å². The summed E-state index contributed by atoms with van der Waals surface area (Å²) in [5.41, 5.74) is 0.832. The molecule has 0 saturated carbocycles. The summed E-state index contributed by atoms with van der Waals surface area (Å²) >= 11 is 6.11. The number of anilines is 1. The van der Waals surface area contributed by atoms with Crippen LogP contribution in [0.2, 0.25) is 5.02 Å². The predicted molar refractivity (Wildman–Crippen MR) is 113 cm³/mol. The van der Waals surface area contributed by atoms with Gasteiger partial charge < -0.3 is 10.1 Å². The Kier molecular flexibility index (Phi) is 6.96. The zero-order valence-corrected chi connectivity index (χ0v) is 18.0. The Morgan fingerprint density at radius 3 is 2.36 bits per heavy atom. The molecule has 2 rings (SSSR count). The molecule has 0 bridgehead atoms. The van der Waals surface area contributed by atoms with E-state index in [1.807, 2.05) is 44.2 Å². The average molecular weight is 425 g/mol. The summed E-state index contributed by atoms with van der Waals surface area (Å²) in [6.45, 7) is 3.44. The van der Waals surface area contributed by atoms with E-state index >= 15 is 0 Å². The van der Waals surface area contributed by atoms with Crippen LogP contribution in [0, 0.1) is 0 Å². The first-order valence-corrected chi connectivity index (χ1v) is 10.9. The third-order valence-electron chi connectivity index (χ3n) is 4.08. The normalized spacial score (nSPS) is 11.8. The lowest BCUT2D eigenvalue weighted by Gasteiger charge is -2.29. The van der Waals surface area contributed by atoms with Gasteiger partial charge in [0.05, 0.1) is 24.1 Å². The number of amides is 1. The van der Waals surface area contributed by atoms with Crippen molar-refractivity contribution >= 4 is 33.2 Å². The van der Waals surface area contributed by atoms with Gasteiger partial charge in [0, 0.05) is 5.54 Å². The zero-order chi connectivity index (χ0) is 20.9. The molecule has 2 aromatic rings. The number of methoxy groups -OCH3 is 1. The second kappa shape index (κ2) is 8.84. The average Bonchev–Trinajstić information content (AvgIpc) is 2.58. The Labute approximate surface area is 171 Å². The summed E-state index contributed by atoms with van der Waals surface area (Å²) < 4.78 is 30.6. The van der Waals surface area contributed by atoms with Crippen molar-refractivity contribution in [2.45, 2.75) is 25.8 Å². The second-order valence-corrected chi connectivity index (χ2v) is 9.50. The molecule has 2 aromatic carbocycles. The van der Waals surface area contributed by atoms with Crippen molar-refractivity contribution in [3.8, 4) is 5.75 Å². The Hall–Kier alpha value is -2.25. The number of hydrogen-bond donors (Lipinski definition) is 1. The van der Waals surface area contributed by atoms with E-state index in [1.165, 1.54) is 13.2 Å². The highest BCUT2D eigenvalue weighted by Gasteiger charge is 2.26. The van der Waals surface area contributed by atoms with Crippen LogP contribution < -0.4 is 14.4 Å². The Morgan fingerprint density at radius 2 is 1.82 bits per heavy atom. The maximum absolute atomic E-state index is 12.6. The van der Waals surface area contributed by atoms with Crippen molar-refractivity contribution in [1.82, 2.24) is 5.32 Å². The standard InChI is InChI=1S/C20H25ClN2O4S/c1-20(2,13-15-8-6-5-7-9-15)22-19(24)14-23(28(4,25)26)16-10-11-18(27-3)17(21)12-16/h5-12H,13-14H2,1-4H3,(H,22,24). The van der Waals surface area contributed by atoms with Gasteiger partial charge in [-0.25, -0.2) is 8.42 Å². The van der Waals surface area contributed by atoms with Gasteiger partial charge in [-0.05, 0) is 44.0 Å². The highest BCUT2D eigenvalue weighted by atomic mass is 35.5. The zero-order valence-electron chi connectivity index (χ0n) is 16.4. The van der Waals surface area contributed by atoms with Crippen molar-refractivity contribution in [1.29, 1.82) is 0 Å².